The number of nitrogens with one attached hydrogen (secondary N) is 1. The topological polar surface area (TPSA) is 39.1 Å². The van der Waals surface area contributed by atoms with E-state index < -0.39 is 5.54 Å². The Kier molecular flexibility index (Phi) is 4.97. The van der Waals surface area contributed by atoms with Crippen LogP contribution in [-0.4, -0.2) is 37.1 Å². The first-order valence-corrected chi connectivity index (χ1v) is 4.78. The van der Waals surface area contributed by atoms with Crippen molar-refractivity contribution < 1.29 is 0 Å². The van der Waals surface area contributed by atoms with E-state index in [-0.39, 0.29) is 0 Å². The summed E-state index contributed by atoms with van der Waals surface area (Å²) in [5.41, 5.74) is -0.390. The molecule has 0 aromatic carbocycles. The van der Waals surface area contributed by atoms with Crippen LogP contribution in [0.3, 0.4) is 0 Å². The van der Waals surface area contributed by atoms with E-state index in [1.807, 2.05) is 27.9 Å². The van der Waals surface area contributed by atoms with Crippen LogP contribution in [0, 0.1) is 11.3 Å². The Bertz CT molecular complexity index is 183. The van der Waals surface area contributed by atoms with Gasteiger partial charge in [0.25, 0.3) is 0 Å². The van der Waals surface area contributed by atoms with Crippen LogP contribution in [0.1, 0.15) is 27.2 Å². The van der Waals surface area contributed by atoms with Crippen molar-refractivity contribution in [3.8, 4) is 6.07 Å². The molecular weight excluding hydrogens is 162 g/mol. The third kappa shape index (κ3) is 4.25. The van der Waals surface area contributed by atoms with E-state index in [0.717, 1.165) is 13.0 Å². The molecule has 0 aromatic rings. The normalized spacial score (nSPS) is 17.9. The fourth-order valence-corrected chi connectivity index (χ4v) is 1.32. The molecule has 0 saturated heterocycles. The van der Waals surface area contributed by atoms with E-state index in [1.54, 1.807) is 0 Å². The van der Waals surface area contributed by atoms with Crippen LogP contribution in [0.15, 0.2) is 0 Å². The molecule has 76 valence electrons. The summed E-state index contributed by atoms with van der Waals surface area (Å²) in [5, 5.41) is 12.2. The highest BCUT2D eigenvalue weighted by Gasteiger charge is 2.25. The second kappa shape index (κ2) is 5.21. The first-order chi connectivity index (χ1) is 5.95. The first kappa shape index (κ1) is 12.4. The van der Waals surface area contributed by atoms with Gasteiger partial charge in [-0.15, -0.1) is 0 Å². The Morgan fingerprint density at radius 2 is 2.08 bits per heavy atom. The monoisotopic (exact) mass is 183 g/mol. The van der Waals surface area contributed by atoms with Gasteiger partial charge < -0.3 is 4.90 Å². The maximum Gasteiger partial charge on any atom is 0.105 e. The van der Waals surface area contributed by atoms with Crippen molar-refractivity contribution in [3.63, 3.8) is 0 Å². The molecule has 0 aliphatic rings. The average molecular weight is 183 g/mol. The van der Waals surface area contributed by atoms with Crippen molar-refractivity contribution in [3.05, 3.63) is 0 Å². The molecule has 0 aromatic heterocycles. The van der Waals surface area contributed by atoms with Crippen molar-refractivity contribution in [1.82, 2.24) is 10.2 Å². The lowest BCUT2D eigenvalue weighted by Crippen LogP contribution is -2.45. The van der Waals surface area contributed by atoms with Crippen molar-refractivity contribution in [2.24, 2.45) is 0 Å². The number of rotatable bonds is 5. The molecular formula is C10H21N3. The minimum absolute atomic E-state index is 0.390. The fourth-order valence-electron chi connectivity index (χ4n) is 1.32. The highest BCUT2D eigenvalue weighted by molar-refractivity contribution is 5.04. The van der Waals surface area contributed by atoms with Gasteiger partial charge in [-0.25, -0.2) is 0 Å². The molecule has 0 radical (unpaired) electrons. The quantitative estimate of drug-likeness (QED) is 0.696. The zero-order valence-electron chi connectivity index (χ0n) is 9.39. The third-order valence-electron chi connectivity index (χ3n) is 2.40. The smallest absolute Gasteiger partial charge is 0.105 e. The van der Waals surface area contributed by atoms with Crippen LogP contribution in [0.2, 0.25) is 0 Å². The molecule has 13 heavy (non-hydrogen) atoms. The Balaban J connectivity index is 4.20. The molecule has 3 nitrogen and oxygen atoms in total. The second-order valence-corrected chi connectivity index (χ2v) is 3.99. The van der Waals surface area contributed by atoms with Gasteiger partial charge in [0.2, 0.25) is 0 Å². The molecule has 0 aliphatic heterocycles. The minimum atomic E-state index is -0.390. The lowest BCUT2D eigenvalue weighted by Gasteiger charge is -2.29. The minimum Gasteiger partial charge on any atom is -0.307 e. The molecule has 0 bridgehead atoms. The van der Waals surface area contributed by atoms with Gasteiger partial charge in [0.05, 0.1) is 6.07 Å². The Morgan fingerprint density at radius 1 is 1.54 bits per heavy atom. The number of nitriles is 1. The molecule has 2 unspecified atom stereocenters. The predicted molar refractivity (Wildman–Crippen MR) is 55.5 cm³/mol. The summed E-state index contributed by atoms with van der Waals surface area (Å²) in [7, 11) is 4.07. The molecule has 0 aliphatic carbocycles. The van der Waals surface area contributed by atoms with Crippen molar-refractivity contribution in [2.45, 2.75) is 38.8 Å². The third-order valence-corrected chi connectivity index (χ3v) is 2.40. The summed E-state index contributed by atoms with van der Waals surface area (Å²) in [4.78, 5) is 2.13. The van der Waals surface area contributed by atoms with Crippen LogP contribution in [0.25, 0.3) is 0 Å². The summed E-state index contributed by atoms with van der Waals surface area (Å²) < 4.78 is 0. The Morgan fingerprint density at radius 3 is 2.38 bits per heavy atom. The van der Waals surface area contributed by atoms with E-state index in [1.165, 1.54) is 0 Å². The molecule has 0 heterocycles. The molecule has 0 amide bonds. The van der Waals surface area contributed by atoms with Gasteiger partial charge in [0.1, 0.15) is 5.54 Å². The lowest BCUT2D eigenvalue weighted by molar-refractivity contribution is 0.252. The van der Waals surface area contributed by atoms with Crippen molar-refractivity contribution >= 4 is 0 Å². The number of hydrogen-bond acceptors (Lipinski definition) is 3. The second-order valence-electron chi connectivity index (χ2n) is 3.99. The van der Waals surface area contributed by atoms with Gasteiger partial charge in [-0.1, -0.05) is 6.92 Å². The van der Waals surface area contributed by atoms with Crippen LogP contribution in [0.4, 0.5) is 0 Å². The summed E-state index contributed by atoms with van der Waals surface area (Å²) in [6.45, 7) is 6.95. The maximum atomic E-state index is 9.02. The van der Waals surface area contributed by atoms with E-state index in [0.29, 0.717) is 6.04 Å². The SMILES string of the molecule is CCNC(C)(C#N)CC(C)N(C)C. The van der Waals surface area contributed by atoms with Crippen LogP contribution in [0.5, 0.6) is 0 Å². The van der Waals surface area contributed by atoms with Gasteiger partial charge in [0.15, 0.2) is 0 Å². The van der Waals surface area contributed by atoms with Crippen molar-refractivity contribution in [1.29, 1.82) is 5.26 Å². The number of nitrogens with zero attached hydrogens (tertiary/aromatic N) is 2. The van der Waals surface area contributed by atoms with E-state index in [4.69, 9.17) is 5.26 Å². The largest absolute Gasteiger partial charge is 0.307 e. The van der Waals surface area contributed by atoms with Crippen LogP contribution >= 0.6 is 0 Å². The lowest BCUT2D eigenvalue weighted by atomic mass is 9.95. The Labute approximate surface area is 81.7 Å². The van der Waals surface area contributed by atoms with Gasteiger partial charge in [-0.05, 0) is 40.9 Å². The fraction of sp³-hybridized carbons (Fsp3) is 0.900. The van der Waals surface area contributed by atoms with Crippen LogP contribution < -0.4 is 5.32 Å². The molecule has 0 spiro atoms. The van der Waals surface area contributed by atoms with Gasteiger partial charge in [-0.3, -0.25) is 5.32 Å². The summed E-state index contributed by atoms with van der Waals surface area (Å²) >= 11 is 0. The van der Waals surface area contributed by atoms with Crippen LogP contribution in [-0.2, 0) is 0 Å². The number of hydrogen-bond donors (Lipinski definition) is 1. The highest BCUT2D eigenvalue weighted by Crippen LogP contribution is 2.13. The van der Waals surface area contributed by atoms with Gasteiger partial charge in [-0.2, -0.15) is 5.26 Å². The predicted octanol–water partition coefficient (Wildman–Crippen LogP) is 1.22. The standard InChI is InChI=1S/C10H21N3/c1-6-12-10(3,8-11)7-9(2)13(4)5/h9,12H,6-7H2,1-5H3. The van der Waals surface area contributed by atoms with Gasteiger partial charge >= 0.3 is 0 Å². The van der Waals surface area contributed by atoms with E-state index in [9.17, 15) is 0 Å². The van der Waals surface area contributed by atoms with Gasteiger partial charge in [0, 0.05) is 6.04 Å². The summed E-state index contributed by atoms with van der Waals surface area (Å²) in [6.07, 6.45) is 0.852. The molecule has 0 rings (SSSR count). The highest BCUT2D eigenvalue weighted by atomic mass is 15.1. The summed E-state index contributed by atoms with van der Waals surface area (Å²) in [5.74, 6) is 0. The Hall–Kier alpha value is -0.590. The first-order valence-electron chi connectivity index (χ1n) is 4.78. The van der Waals surface area contributed by atoms with E-state index in [2.05, 4.69) is 23.2 Å². The molecule has 3 heteroatoms. The molecule has 2 atom stereocenters. The van der Waals surface area contributed by atoms with E-state index >= 15 is 0 Å². The molecule has 0 saturated carbocycles. The molecule has 0 fully saturated rings. The maximum absolute atomic E-state index is 9.02. The zero-order chi connectivity index (χ0) is 10.5. The zero-order valence-corrected chi connectivity index (χ0v) is 9.39. The van der Waals surface area contributed by atoms with Crippen molar-refractivity contribution in [2.75, 3.05) is 20.6 Å². The molecule has 1 N–H and O–H groups in total. The summed E-state index contributed by atoms with van der Waals surface area (Å²) in [6, 6.07) is 2.75. The average Bonchev–Trinajstić information content (AvgIpc) is 2.04.